The van der Waals surface area contributed by atoms with Gasteiger partial charge >= 0.3 is 0 Å². The van der Waals surface area contributed by atoms with Crippen molar-refractivity contribution >= 4 is 17.5 Å². The highest BCUT2D eigenvalue weighted by atomic mass is 35.5. The molecule has 0 heterocycles. The molecule has 0 radical (unpaired) electrons. The number of halogens is 1. The van der Waals surface area contributed by atoms with Gasteiger partial charge in [0, 0.05) is 11.6 Å². The Kier molecular flexibility index (Phi) is 5.26. The molecular weight excluding hydrogens is 258 g/mol. The molecule has 0 saturated heterocycles. The summed E-state index contributed by atoms with van der Waals surface area (Å²) in [5.41, 5.74) is 1.98. The molecule has 2 atom stereocenters. The average molecular weight is 280 g/mol. The average Bonchev–Trinajstić information content (AvgIpc) is 2.64. The van der Waals surface area contributed by atoms with Crippen molar-refractivity contribution in [1.82, 2.24) is 5.32 Å². The van der Waals surface area contributed by atoms with Gasteiger partial charge in [0.1, 0.15) is 0 Å². The molecule has 0 aliphatic heterocycles. The Labute approximate surface area is 120 Å². The molecule has 2 unspecified atom stereocenters. The fourth-order valence-electron chi connectivity index (χ4n) is 2.57. The van der Waals surface area contributed by atoms with E-state index in [-0.39, 0.29) is 17.3 Å². The van der Waals surface area contributed by atoms with Crippen molar-refractivity contribution in [3.8, 4) is 0 Å². The van der Waals surface area contributed by atoms with Crippen LogP contribution < -0.4 is 5.32 Å². The van der Waals surface area contributed by atoms with Crippen LogP contribution in [0.25, 0.3) is 0 Å². The largest absolute Gasteiger partial charge is 0.348 e. The topological polar surface area (TPSA) is 29.1 Å². The lowest BCUT2D eigenvalue weighted by atomic mass is 10.1. The molecule has 0 aromatic heterocycles. The molecule has 1 fully saturated rings. The van der Waals surface area contributed by atoms with Crippen LogP contribution in [0.5, 0.6) is 0 Å². The minimum absolute atomic E-state index is 0.000188. The third-order valence-electron chi connectivity index (χ3n) is 3.87. The van der Waals surface area contributed by atoms with Gasteiger partial charge in [0.05, 0.1) is 5.38 Å². The molecule has 1 aliphatic carbocycles. The number of aryl methyl sites for hydroxylation is 1. The molecule has 19 heavy (non-hydrogen) atoms. The van der Waals surface area contributed by atoms with Crippen molar-refractivity contribution in [1.29, 1.82) is 0 Å². The number of hydrogen-bond acceptors (Lipinski definition) is 1. The van der Waals surface area contributed by atoms with Crippen molar-refractivity contribution in [2.75, 3.05) is 0 Å². The van der Waals surface area contributed by atoms with Crippen molar-refractivity contribution < 1.29 is 4.79 Å². The predicted molar refractivity (Wildman–Crippen MR) is 79.8 cm³/mol. The third kappa shape index (κ3) is 3.97. The molecule has 0 bridgehead atoms. The minimum atomic E-state index is 0.000188. The van der Waals surface area contributed by atoms with Crippen LogP contribution in [0.15, 0.2) is 24.3 Å². The van der Waals surface area contributed by atoms with Crippen LogP contribution >= 0.6 is 11.6 Å². The van der Waals surface area contributed by atoms with Crippen LogP contribution in [0.2, 0.25) is 0 Å². The second-order valence-corrected chi connectivity index (χ2v) is 5.85. The van der Waals surface area contributed by atoms with Crippen LogP contribution in [0, 0.1) is 0 Å². The number of amides is 1. The number of carbonyl (C=O) groups excluding carboxylic acids is 1. The lowest BCUT2D eigenvalue weighted by Crippen LogP contribution is -2.40. The molecule has 0 spiro atoms. The van der Waals surface area contributed by atoms with E-state index in [4.69, 9.17) is 11.6 Å². The fourth-order valence-corrected chi connectivity index (χ4v) is 2.91. The zero-order valence-electron chi connectivity index (χ0n) is 11.5. The van der Waals surface area contributed by atoms with Gasteiger partial charge in [0.15, 0.2) is 0 Å². The summed E-state index contributed by atoms with van der Waals surface area (Å²) < 4.78 is 0. The summed E-state index contributed by atoms with van der Waals surface area (Å²) in [6.07, 6.45) is 6.54. The number of rotatable bonds is 3. The molecule has 1 aromatic carbocycles. The van der Waals surface area contributed by atoms with Gasteiger partial charge in [-0.25, -0.2) is 0 Å². The summed E-state index contributed by atoms with van der Waals surface area (Å²) >= 11 is 6.35. The third-order valence-corrected chi connectivity index (χ3v) is 4.39. The van der Waals surface area contributed by atoms with Gasteiger partial charge in [0.2, 0.25) is 0 Å². The Morgan fingerprint density at radius 1 is 1.21 bits per heavy atom. The molecule has 3 heteroatoms. The maximum atomic E-state index is 12.2. The first-order chi connectivity index (χ1) is 9.20. The summed E-state index contributed by atoms with van der Waals surface area (Å²) in [6.45, 7) is 2.11. The summed E-state index contributed by atoms with van der Waals surface area (Å²) in [5, 5.41) is 3.16. The van der Waals surface area contributed by atoms with Crippen molar-refractivity contribution in [2.45, 2.75) is 56.9 Å². The van der Waals surface area contributed by atoms with Crippen molar-refractivity contribution in [3.05, 3.63) is 35.4 Å². The Hall–Kier alpha value is -1.02. The normalized spacial score (nSPS) is 23.7. The molecule has 2 nitrogen and oxygen atoms in total. The van der Waals surface area contributed by atoms with Crippen LogP contribution in [0.3, 0.4) is 0 Å². The van der Waals surface area contributed by atoms with Gasteiger partial charge in [0.25, 0.3) is 5.91 Å². The first-order valence-electron chi connectivity index (χ1n) is 7.24. The van der Waals surface area contributed by atoms with Gasteiger partial charge in [-0.05, 0) is 37.0 Å². The van der Waals surface area contributed by atoms with E-state index in [1.54, 1.807) is 0 Å². The van der Waals surface area contributed by atoms with Crippen LogP contribution in [0.4, 0.5) is 0 Å². The second kappa shape index (κ2) is 6.95. The lowest BCUT2D eigenvalue weighted by Gasteiger charge is -2.21. The zero-order chi connectivity index (χ0) is 13.7. The minimum Gasteiger partial charge on any atom is -0.348 e. The summed E-state index contributed by atoms with van der Waals surface area (Å²) in [7, 11) is 0. The Balaban J connectivity index is 1.98. The van der Waals surface area contributed by atoms with Gasteiger partial charge < -0.3 is 5.32 Å². The Morgan fingerprint density at radius 2 is 1.89 bits per heavy atom. The quantitative estimate of drug-likeness (QED) is 0.659. The van der Waals surface area contributed by atoms with E-state index in [2.05, 4.69) is 12.2 Å². The highest BCUT2D eigenvalue weighted by Crippen LogP contribution is 2.22. The highest BCUT2D eigenvalue weighted by molar-refractivity contribution is 6.21. The highest BCUT2D eigenvalue weighted by Gasteiger charge is 2.23. The Bertz CT molecular complexity index is 415. The van der Waals surface area contributed by atoms with Gasteiger partial charge in [-0.1, -0.05) is 38.3 Å². The van der Waals surface area contributed by atoms with Gasteiger partial charge in [-0.15, -0.1) is 11.6 Å². The van der Waals surface area contributed by atoms with Crippen LogP contribution in [-0.2, 0) is 6.42 Å². The maximum Gasteiger partial charge on any atom is 0.251 e. The van der Waals surface area contributed by atoms with E-state index in [0.717, 1.165) is 31.2 Å². The van der Waals surface area contributed by atoms with E-state index >= 15 is 0 Å². The molecule has 1 amide bonds. The molecule has 2 rings (SSSR count). The van der Waals surface area contributed by atoms with Gasteiger partial charge in [-0.3, -0.25) is 4.79 Å². The first kappa shape index (κ1) is 14.4. The van der Waals surface area contributed by atoms with Crippen LogP contribution in [-0.4, -0.2) is 17.3 Å². The molecular formula is C16H22ClNO. The van der Waals surface area contributed by atoms with E-state index in [9.17, 15) is 4.79 Å². The molecule has 1 aliphatic rings. The van der Waals surface area contributed by atoms with Crippen LogP contribution in [0.1, 0.15) is 54.9 Å². The monoisotopic (exact) mass is 279 g/mol. The number of alkyl halides is 1. The van der Waals surface area contributed by atoms with E-state index < -0.39 is 0 Å². The number of benzene rings is 1. The number of hydrogen-bond donors (Lipinski definition) is 1. The van der Waals surface area contributed by atoms with Gasteiger partial charge in [-0.2, -0.15) is 0 Å². The van der Waals surface area contributed by atoms with E-state index in [0.29, 0.717) is 0 Å². The summed E-state index contributed by atoms with van der Waals surface area (Å²) in [4.78, 5) is 12.2. The van der Waals surface area contributed by atoms with Crippen molar-refractivity contribution in [2.24, 2.45) is 0 Å². The predicted octanol–water partition coefficient (Wildman–Crippen LogP) is 3.92. The SMILES string of the molecule is CCc1ccc(C(=O)NC2CCCCCC2Cl)cc1. The number of nitrogens with one attached hydrogen (secondary N) is 1. The fraction of sp³-hybridized carbons (Fsp3) is 0.562. The second-order valence-electron chi connectivity index (χ2n) is 5.28. The standard InChI is InChI=1S/C16H22ClNO/c1-2-12-8-10-13(11-9-12)16(19)18-15-7-5-3-4-6-14(15)17/h8-11,14-15H,2-7H2,1H3,(H,18,19). The van der Waals surface area contributed by atoms with Crippen molar-refractivity contribution in [3.63, 3.8) is 0 Å². The zero-order valence-corrected chi connectivity index (χ0v) is 12.2. The summed E-state index contributed by atoms with van der Waals surface area (Å²) in [5.74, 6) is 0.000188. The Morgan fingerprint density at radius 3 is 2.58 bits per heavy atom. The van der Waals surface area contributed by atoms with E-state index in [1.165, 1.54) is 18.4 Å². The molecule has 104 valence electrons. The summed E-state index contributed by atoms with van der Waals surface area (Å²) in [6, 6.07) is 7.94. The molecule has 1 aromatic rings. The first-order valence-corrected chi connectivity index (χ1v) is 7.68. The van der Waals surface area contributed by atoms with E-state index in [1.807, 2.05) is 24.3 Å². The number of carbonyl (C=O) groups is 1. The molecule has 1 saturated carbocycles. The lowest BCUT2D eigenvalue weighted by molar-refractivity contribution is 0.0934. The maximum absolute atomic E-state index is 12.2. The molecule has 1 N–H and O–H groups in total. The smallest absolute Gasteiger partial charge is 0.251 e.